The Hall–Kier alpha value is -0.886. The molecule has 0 saturated heterocycles. The first-order valence-corrected chi connectivity index (χ1v) is 4.69. The van der Waals surface area contributed by atoms with Crippen LogP contribution in [-0.4, -0.2) is 17.3 Å². The zero-order valence-electron chi connectivity index (χ0n) is 9.54. The average molecular weight is 283 g/mol. The van der Waals surface area contributed by atoms with Gasteiger partial charge >= 0.3 is 0 Å². The second-order valence-corrected chi connectivity index (χ2v) is 2.75. The quantitative estimate of drug-likeness (QED) is 0.338. The molecule has 77 valence electrons. The van der Waals surface area contributed by atoms with Gasteiger partial charge in [-0.15, -0.1) is 5.92 Å². The zero-order valence-corrected chi connectivity index (χ0v) is 12.4. The van der Waals surface area contributed by atoms with E-state index in [1.807, 2.05) is 35.8 Å². The van der Waals surface area contributed by atoms with Crippen molar-refractivity contribution in [1.82, 2.24) is 0 Å². The van der Waals surface area contributed by atoms with Gasteiger partial charge in [0, 0.05) is 32.7 Å². The fraction of sp³-hybridized carbons (Fsp3) is 0.214. The second-order valence-electron chi connectivity index (χ2n) is 2.75. The van der Waals surface area contributed by atoms with E-state index in [-0.39, 0.29) is 32.7 Å². The first-order chi connectivity index (χ1) is 7.38. The van der Waals surface area contributed by atoms with Crippen molar-refractivity contribution in [2.24, 2.45) is 0 Å². The minimum Gasteiger partial charge on any atom is -0.307 e. The summed E-state index contributed by atoms with van der Waals surface area (Å²) in [6.45, 7) is 4.19. The molecular formula is C14H12NY-. The predicted octanol–water partition coefficient (Wildman–Crippen LogP) is 2.12. The van der Waals surface area contributed by atoms with Crippen molar-refractivity contribution in [3.05, 3.63) is 30.3 Å². The maximum absolute atomic E-state index is 3.11. The van der Waals surface area contributed by atoms with Gasteiger partial charge in [0.1, 0.15) is 0 Å². The van der Waals surface area contributed by atoms with Gasteiger partial charge in [-0.3, -0.25) is 0 Å². The van der Waals surface area contributed by atoms with Crippen LogP contribution in [0.3, 0.4) is 0 Å². The first kappa shape index (κ1) is 15.1. The first-order valence-electron chi connectivity index (χ1n) is 4.69. The van der Waals surface area contributed by atoms with Crippen LogP contribution in [-0.2, 0) is 32.7 Å². The SMILES string of the molecule is CC#C[C-]=[N+](CC#CC)c1[c-]cccc1.[Y]. The maximum atomic E-state index is 3.11. The Morgan fingerprint density at radius 3 is 2.69 bits per heavy atom. The molecule has 0 fully saturated rings. The van der Waals surface area contributed by atoms with Crippen molar-refractivity contribution in [2.75, 3.05) is 6.54 Å². The van der Waals surface area contributed by atoms with Crippen LogP contribution in [0.5, 0.6) is 0 Å². The summed E-state index contributed by atoms with van der Waals surface area (Å²) in [6, 6.07) is 10.8. The topological polar surface area (TPSA) is 3.01 Å². The van der Waals surface area contributed by atoms with Gasteiger partial charge in [0.05, 0.1) is 0 Å². The molecule has 0 amide bonds. The molecule has 0 unspecified atom stereocenters. The normalized spacial score (nSPS) is 9.00. The largest absolute Gasteiger partial charge is 0.307 e. The van der Waals surface area contributed by atoms with E-state index < -0.39 is 0 Å². The summed E-state index contributed by atoms with van der Waals surface area (Å²) >= 11 is 0. The molecule has 0 aliphatic heterocycles. The molecule has 2 heteroatoms. The zero-order chi connectivity index (χ0) is 10.9. The van der Waals surface area contributed by atoms with Gasteiger partial charge in [-0.25, -0.2) is 5.92 Å². The number of hydrogen-bond donors (Lipinski definition) is 0. The predicted molar refractivity (Wildman–Crippen MR) is 62.0 cm³/mol. The smallest absolute Gasteiger partial charge is 0.186 e. The summed E-state index contributed by atoms with van der Waals surface area (Å²) in [5, 5.41) is 0. The molecular weight excluding hydrogens is 271 g/mol. The van der Waals surface area contributed by atoms with Crippen LogP contribution in [0.4, 0.5) is 5.69 Å². The minimum absolute atomic E-state index is 0. The van der Waals surface area contributed by atoms with Crippen LogP contribution in [0.1, 0.15) is 13.8 Å². The van der Waals surface area contributed by atoms with E-state index in [4.69, 9.17) is 0 Å². The Morgan fingerprint density at radius 2 is 2.12 bits per heavy atom. The van der Waals surface area contributed by atoms with E-state index in [2.05, 4.69) is 36.0 Å². The maximum Gasteiger partial charge on any atom is 0.186 e. The Balaban J connectivity index is 0.00000225. The third-order valence-electron chi connectivity index (χ3n) is 1.71. The standard InChI is InChI=1S/C14H12N.Y/c1-3-5-12-15(13-6-4-2)14-10-8-7-9-11-14;/h7-10H,12H2,1-2H3;/q-1;. The van der Waals surface area contributed by atoms with Gasteiger partial charge in [-0.1, -0.05) is 6.92 Å². The van der Waals surface area contributed by atoms with E-state index in [9.17, 15) is 0 Å². The second kappa shape index (κ2) is 9.35. The van der Waals surface area contributed by atoms with E-state index in [1.54, 1.807) is 6.92 Å². The van der Waals surface area contributed by atoms with Gasteiger partial charge < -0.3 is 4.58 Å². The molecule has 0 saturated carbocycles. The molecule has 1 aromatic carbocycles. The third-order valence-corrected chi connectivity index (χ3v) is 1.71. The van der Waals surface area contributed by atoms with Gasteiger partial charge in [-0.05, 0) is 18.5 Å². The van der Waals surface area contributed by atoms with Crippen LogP contribution in [0.15, 0.2) is 24.3 Å². The number of nitrogens with zero attached hydrogens (tertiary/aromatic N) is 1. The summed E-state index contributed by atoms with van der Waals surface area (Å²) < 4.78 is 1.85. The number of benzene rings is 1. The van der Waals surface area contributed by atoms with Crippen molar-refractivity contribution >= 4 is 11.9 Å². The molecule has 0 atom stereocenters. The molecule has 1 aromatic rings. The monoisotopic (exact) mass is 283 g/mol. The average Bonchev–Trinajstić information content (AvgIpc) is 2.30. The number of rotatable bonds is 2. The van der Waals surface area contributed by atoms with E-state index in [0.717, 1.165) is 5.69 Å². The molecule has 0 aromatic heterocycles. The van der Waals surface area contributed by atoms with Crippen molar-refractivity contribution in [3.63, 3.8) is 0 Å². The Labute approximate surface area is 123 Å². The van der Waals surface area contributed by atoms with Crippen LogP contribution < -0.4 is 0 Å². The molecule has 0 aliphatic carbocycles. The summed E-state index contributed by atoms with van der Waals surface area (Å²) in [7, 11) is 0. The molecule has 0 heterocycles. The Morgan fingerprint density at radius 1 is 1.31 bits per heavy atom. The molecule has 0 N–H and O–H groups in total. The van der Waals surface area contributed by atoms with Gasteiger partial charge in [0.15, 0.2) is 12.8 Å². The van der Waals surface area contributed by atoms with Crippen LogP contribution in [0.25, 0.3) is 0 Å². The number of para-hydroxylation sites is 1. The third kappa shape index (κ3) is 5.27. The molecule has 1 rings (SSSR count). The van der Waals surface area contributed by atoms with Gasteiger partial charge in [-0.2, -0.15) is 36.3 Å². The van der Waals surface area contributed by atoms with Crippen molar-refractivity contribution < 1.29 is 37.3 Å². The fourth-order valence-corrected chi connectivity index (χ4v) is 1.02. The molecule has 16 heavy (non-hydrogen) atoms. The van der Waals surface area contributed by atoms with Crippen LogP contribution >= 0.6 is 0 Å². The van der Waals surface area contributed by atoms with Crippen molar-refractivity contribution in [3.8, 4) is 23.7 Å². The molecule has 0 bridgehead atoms. The molecule has 1 nitrogen and oxygen atoms in total. The number of hydrogen-bond acceptors (Lipinski definition) is 0. The van der Waals surface area contributed by atoms with E-state index in [0.29, 0.717) is 6.54 Å². The van der Waals surface area contributed by atoms with Crippen LogP contribution in [0, 0.1) is 29.7 Å². The summed E-state index contributed by atoms with van der Waals surface area (Å²) in [4.78, 5) is 0. The van der Waals surface area contributed by atoms with E-state index in [1.165, 1.54) is 0 Å². The van der Waals surface area contributed by atoms with Crippen molar-refractivity contribution in [1.29, 1.82) is 0 Å². The van der Waals surface area contributed by atoms with Crippen LogP contribution in [0.2, 0.25) is 0 Å². The molecule has 0 aliphatic rings. The molecule has 1 radical (unpaired) electrons. The Bertz CT molecular complexity index is 452. The summed E-state index contributed by atoms with van der Waals surface area (Å²) in [5.41, 5.74) is 0.933. The van der Waals surface area contributed by atoms with E-state index >= 15 is 0 Å². The van der Waals surface area contributed by atoms with Gasteiger partial charge in [0.2, 0.25) is 0 Å². The molecule has 0 spiro atoms. The fourth-order valence-electron chi connectivity index (χ4n) is 1.02. The van der Waals surface area contributed by atoms with Gasteiger partial charge in [0.25, 0.3) is 0 Å². The summed E-state index contributed by atoms with van der Waals surface area (Å²) in [6.07, 6.45) is 2.96. The van der Waals surface area contributed by atoms with Crippen molar-refractivity contribution in [2.45, 2.75) is 13.8 Å². The summed E-state index contributed by atoms with van der Waals surface area (Å²) in [5.74, 6) is 11.4. The Kier molecular flexibility index (Phi) is 8.83. The minimum atomic E-state index is 0.